The number of aromatic amines is 1. The van der Waals surface area contributed by atoms with Crippen molar-refractivity contribution in [2.24, 2.45) is 4.99 Å². The van der Waals surface area contributed by atoms with Gasteiger partial charge >= 0.3 is 0 Å². The number of rotatable bonds is 3. The number of aliphatic imine (C=N–C) groups is 1. The number of nitrogens with zero attached hydrogens (tertiary/aromatic N) is 2. The third kappa shape index (κ3) is 2.81. The molecule has 1 N–H and O–H groups in total. The number of nitrogens with one attached hydrogen (secondary N) is 1. The van der Waals surface area contributed by atoms with E-state index in [0.717, 1.165) is 46.7 Å². The summed E-state index contributed by atoms with van der Waals surface area (Å²) in [6.45, 7) is 1.71. The quantitative estimate of drug-likeness (QED) is 0.890. The Labute approximate surface area is 123 Å². The highest BCUT2D eigenvalue weighted by atomic mass is 16.1. The number of hydrogen-bond acceptors (Lipinski definition) is 3. The Morgan fingerprint density at radius 3 is 2.90 bits per heavy atom. The predicted molar refractivity (Wildman–Crippen MR) is 88.2 cm³/mol. The van der Waals surface area contributed by atoms with E-state index >= 15 is 0 Å². The molecule has 1 aliphatic rings. The monoisotopic (exact) mass is 281 g/mol. The van der Waals surface area contributed by atoms with E-state index in [1.165, 1.54) is 0 Å². The van der Waals surface area contributed by atoms with E-state index in [-0.39, 0.29) is 5.43 Å². The van der Waals surface area contributed by atoms with Crippen molar-refractivity contribution in [3.8, 4) is 0 Å². The van der Waals surface area contributed by atoms with E-state index in [2.05, 4.69) is 14.9 Å². The molecule has 4 heteroatoms. The number of likely N-dealkylation sites (N-methyl/N-ethyl adjacent to an activating group) is 1. The van der Waals surface area contributed by atoms with Gasteiger partial charge in [0.25, 0.3) is 0 Å². The van der Waals surface area contributed by atoms with Crippen LogP contribution in [0.5, 0.6) is 0 Å². The van der Waals surface area contributed by atoms with Crippen LogP contribution in [0.3, 0.4) is 0 Å². The lowest BCUT2D eigenvalue weighted by Gasteiger charge is -2.08. The van der Waals surface area contributed by atoms with Crippen molar-refractivity contribution in [2.45, 2.75) is 6.42 Å². The molecule has 1 heterocycles. The lowest BCUT2D eigenvalue weighted by atomic mass is 10.1. The highest BCUT2D eigenvalue weighted by Crippen LogP contribution is 2.03. The van der Waals surface area contributed by atoms with Crippen molar-refractivity contribution in [2.75, 3.05) is 27.2 Å². The van der Waals surface area contributed by atoms with Crippen LogP contribution in [0.4, 0.5) is 0 Å². The van der Waals surface area contributed by atoms with E-state index in [4.69, 9.17) is 0 Å². The highest BCUT2D eigenvalue weighted by molar-refractivity contribution is 6.13. The summed E-state index contributed by atoms with van der Waals surface area (Å²) in [5.74, 6) is 0. The number of hydrogen-bond donors (Lipinski definition) is 1. The zero-order valence-corrected chi connectivity index (χ0v) is 12.4. The average molecular weight is 281 g/mol. The van der Waals surface area contributed by atoms with E-state index in [9.17, 15) is 4.79 Å². The minimum Gasteiger partial charge on any atom is -0.354 e. The van der Waals surface area contributed by atoms with Gasteiger partial charge in [0, 0.05) is 34.8 Å². The SMILES string of the molecule is CN(C)CCN=C1C=c2[nH]c3ccccc3c(=O)c2=CC1. The summed E-state index contributed by atoms with van der Waals surface area (Å²) in [5.41, 5.74) is 2.00. The van der Waals surface area contributed by atoms with Crippen LogP contribution >= 0.6 is 0 Å². The van der Waals surface area contributed by atoms with Gasteiger partial charge in [-0.25, -0.2) is 0 Å². The first-order chi connectivity index (χ1) is 10.1. The normalized spacial score (nSPS) is 15.9. The van der Waals surface area contributed by atoms with Crippen LogP contribution in [0.2, 0.25) is 0 Å². The number of para-hydroxylation sites is 1. The second kappa shape index (κ2) is 5.66. The van der Waals surface area contributed by atoms with Crippen LogP contribution in [0.1, 0.15) is 6.42 Å². The Kier molecular flexibility index (Phi) is 3.71. The van der Waals surface area contributed by atoms with Crippen LogP contribution in [-0.4, -0.2) is 42.8 Å². The molecule has 108 valence electrons. The second-order valence-electron chi connectivity index (χ2n) is 5.56. The summed E-state index contributed by atoms with van der Waals surface area (Å²) >= 11 is 0. The maximum Gasteiger partial charge on any atom is 0.196 e. The molecule has 0 radical (unpaired) electrons. The van der Waals surface area contributed by atoms with Gasteiger partial charge in [0.05, 0.1) is 11.9 Å². The molecule has 0 amide bonds. The minimum atomic E-state index is 0.0999. The van der Waals surface area contributed by atoms with Crippen LogP contribution in [0.25, 0.3) is 23.1 Å². The Morgan fingerprint density at radius 2 is 2.10 bits per heavy atom. The summed E-state index contributed by atoms with van der Waals surface area (Å²) < 4.78 is 0. The molecule has 0 saturated heterocycles. The maximum atomic E-state index is 12.5. The van der Waals surface area contributed by atoms with Gasteiger partial charge in [-0.3, -0.25) is 9.79 Å². The van der Waals surface area contributed by atoms with Crippen LogP contribution in [0, 0.1) is 0 Å². The average Bonchev–Trinajstić information content (AvgIpc) is 2.47. The minimum absolute atomic E-state index is 0.0999. The first kappa shape index (κ1) is 13.8. The summed E-state index contributed by atoms with van der Waals surface area (Å²) in [5, 5.41) is 2.38. The molecule has 0 aliphatic heterocycles. The van der Waals surface area contributed by atoms with Gasteiger partial charge in [-0.2, -0.15) is 0 Å². The van der Waals surface area contributed by atoms with Gasteiger partial charge in [-0.1, -0.05) is 18.2 Å². The fourth-order valence-electron chi connectivity index (χ4n) is 2.52. The maximum absolute atomic E-state index is 12.5. The molecule has 0 bridgehead atoms. The van der Waals surface area contributed by atoms with Crippen LogP contribution < -0.4 is 16.0 Å². The third-order valence-corrected chi connectivity index (χ3v) is 3.66. The molecule has 1 aliphatic carbocycles. The van der Waals surface area contributed by atoms with E-state index < -0.39 is 0 Å². The Bertz CT molecular complexity index is 875. The summed E-state index contributed by atoms with van der Waals surface area (Å²) in [7, 11) is 4.08. The van der Waals surface area contributed by atoms with E-state index in [0.29, 0.717) is 0 Å². The number of pyridine rings is 1. The largest absolute Gasteiger partial charge is 0.354 e. The van der Waals surface area contributed by atoms with Crippen molar-refractivity contribution < 1.29 is 0 Å². The van der Waals surface area contributed by atoms with Crippen molar-refractivity contribution in [3.63, 3.8) is 0 Å². The lowest BCUT2D eigenvalue weighted by molar-refractivity contribution is 0.420. The molecule has 0 fully saturated rings. The fourth-order valence-corrected chi connectivity index (χ4v) is 2.52. The number of fused-ring (bicyclic) bond motifs is 2. The smallest absolute Gasteiger partial charge is 0.196 e. The van der Waals surface area contributed by atoms with Crippen LogP contribution in [0.15, 0.2) is 34.1 Å². The Hall–Kier alpha value is -2.20. The molecule has 0 unspecified atom stereocenters. The predicted octanol–water partition coefficient (Wildman–Crippen LogP) is 0.495. The zero-order valence-electron chi connectivity index (χ0n) is 12.4. The molecular formula is C17H19N3O. The first-order valence-corrected chi connectivity index (χ1v) is 7.16. The molecule has 2 aromatic rings. The molecule has 1 aromatic heterocycles. The van der Waals surface area contributed by atoms with Crippen molar-refractivity contribution >= 4 is 28.8 Å². The topological polar surface area (TPSA) is 48.5 Å². The summed E-state index contributed by atoms with van der Waals surface area (Å²) in [6, 6.07) is 7.62. The Balaban J connectivity index is 2.07. The lowest BCUT2D eigenvalue weighted by Crippen LogP contribution is -2.43. The molecular weight excluding hydrogens is 262 g/mol. The van der Waals surface area contributed by atoms with Crippen LogP contribution in [-0.2, 0) is 0 Å². The molecule has 0 spiro atoms. The first-order valence-electron chi connectivity index (χ1n) is 7.16. The molecule has 4 nitrogen and oxygen atoms in total. The highest BCUT2D eigenvalue weighted by Gasteiger charge is 2.06. The third-order valence-electron chi connectivity index (χ3n) is 3.66. The fraction of sp³-hybridized carbons (Fsp3) is 0.294. The van der Waals surface area contributed by atoms with Gasteiger partial charge in [-0.15, -0.1) is 0 Å². The van der Waals surface area contributed by atoms with Crippen molar-refractivity contribution in [1.82, 2.24) is 9.88 Å². The van der Waals surface area contributed by atoms with E-state index in [1.54, 1.807) is 0 Å². The van der Waals surface area contributed by atoms with E-state index in [1.807, 2.05) is 50.5 Å². The molecule has 0 saturated carbocycles. The van der Waals surface area contributed by atoms with Gasteiger partial charge in [-0.05, 0) is 32.3 Å². The zero-order chi connectivity index (χ0) is 14.8. The van der Waals surface area contributed by atoms with Crippen molar-refractivity contribution in [3.05, 3.63) is 45.1 Å². The number of H-pyrrole nitrogens is 1. The standard InChI is InChI=1S/C17H19N3O/c1-20(2)10-9-18-12-7-8-14-16(11-12)19-15-6-4-3-5-13(15)17(14)21/h3-6,8,11,19H,7,9-10H2,1-2H3. The van der Waals surface area contributed by atoms with Gasteiger partial charge in [0.2, 0.25) is 0 Å². The number of benzene rings is 1. The second-order valence-corrected chi connectivity index (χ2v) is 5.56. The number of aromatic nitrogens is 1. The molecule has 0 atom stereocenters. The summed E-state index contributed by atoms with van der Waals surface area (Å²) in [6.07, 6.45) is 4.70. The summed E-state index contributed by atoms with van der Waals surface area (Å²) in [4.78, 5) is 22.5. The van der Waals surface area contributed by atoms with Gasteiger partial charge < -0.3 is 9.88 Å². The van der Waals surface area contributed by atoms with Gasteiger partial charge in [0.15, 0.2) is 5.43 Å². The van der Waals surface area contributed by atoms with Crippen molar-refractivity contribution in [1.29, 1.82) is 0 Å². The molecule has 1 aromatic carbocycles. The van der Waals surface area contributed by atoms with Gasteiger partial charge in [0.1, 0.15) is 0 Å². The molecule has 21 heavy (non-hydrogen) atoms. The molecule has 3 rings (SSSR count). The Morgan fingerprint density at radius 1 is 1.29 bits per heavy atom.